The first-order chi connectivity index (χ1) is 16.5. The molecular formula is C22H18ClF3N4O5. The van der Waals surface area contributed by atoms with Crippen LogP contribution in [0.4, 0.5) is 29.3 Å². The number of pyridine rings is 1. The van der Waals surface area contributed by atoms with E-state index in [4.69, 9.17) is 26.2 Å². The lowest BCUT2D eigenvalue weighted by atomic mass is 10.3. The van der Waals surface area contributed by atoms with Gasteiger partial charge in [-0.05, 0) is 54.6 Å². The molecule has 0 fully saturated rings. The van der Waals surface area contributed by atoms with Crippen molar-refractivity contribution in [2.24, 2.45) is 0 Å². The molecule has 3 amide bonds. The lowest BCUT2D eigenvalue weighted by Gasteiger charge is -2.10. The zero-order valence-electron chi connectivity index (χ0n) is 17.9. The van der Waals surface area contributed by atoms with Gasteiger partial charge in [-0.3, -0.25) is 9.78 Å². The maximum Gasteiger partial charge on any atom is 0.490 e. The summed E-state index contributed by atoms with van der Waals surface area (Å²) in [5, 5.41) is 15.7. The zero-order valence-corrected chi connectivity index (χ0v) is 18.6. The number of hydrogen-bond donors (Lipinski definition) is 4. The van der Waals surface area contributed by atoms with E-state index in [9.17, 15) is 22.8 Å². The molecule has 1 heterocycles. The predicted molar refractivity (Wildman–Crippen MR) is 122 cm³/mol. The number of ether oxygens (including phenoxy) is 1. The molecule has 0 saturated heterocycles. The van der Waals surface area contributed by atoms with E-state index in [1.165, 1.54) is 13.2 Å². The first kappa shape index (κ1) is 26.9. The zero-order chi connectivity index (χ0) is 26.0. The number of urea groups is 1. The van der Waals surface area contributed by atoms with Crippen LogP contribution in [0, 0.1) is 0 Å². The Bertz CT molecular complexity index is 1170. The molecule has 4 N–H and O–H groups in total. The minimum atomic E-state index is -5.08. The lowest BCUT2D eigenvalue weighted by molar-refractivity contribution is -0.192. The van der Waals surface area contributed by atoms with Crippen LogP contribution in [0.1, 0.15) is 10.5 Å². The van der Waals surface area contributed by atoms with Crippen molar-refractivity contribution in [3.63, 3.8) is 0 Å². The second-order valence-corrected chi connectivity index (χ2v) is 6.91. The number of aromatic nitrogens is 1. The Morgan fingerprint density at radius 1 is 0.914 bits per heavy atom. The van der Waals surface area contributed by atoms with Crippen LogP contribution in [0.15, 0.2) is 66.9 Å². The van der Waals surface area contributed by atoms with Gasteiger partial charge in [0.2, 0.25) is 0 Å². The van der Waals surface area contributed by atoms with E-state index in [2.05, 4.69) is 20.9 Å². The third kappa shape index (κ3) is 9.21. The monoisotopic (exact) mass is 510 g/mol. The molecule has 0 atom stereocenters. The maximum absolute atomic E-state index is 12.0. The first-order valence-electron chi connectivity index (χ1n) is 9.57. The van der Waals surface area contributed by atoms with Gasteiger partial charge in [-0.2, -0.15) is 13.2 Å². The fourth-order valence-electron chi connectivity index (χ4n) is 2.30. The first-order valence-corrected chi connectivity index (χ1v) is 9.95. The minimum absolute atomic E-state index is 0.261. The fraction of sp³-hybridized carbons (Fsp3) is 0.0909. The Kier molecular flexibility index (Phi) is 9.41. The number of rotatable bonds is 5. The fourth-order valence-corrected chi connectivity index (χ4v) is 2.42. The number of carboxylic acids is 1. The van der Waals surface area contributed by atoms with E-state index >= 15 is 0 Å². The number of nitrogens with one attached hydrogen (secondary N) is 3. The van der Waals surface area contributed by atoms with E-state index in [-0.39, 0.29) is 17.6 Å². The SMILES string of the molecule is CNC(=O)c1cc(Oc2ccc(NC(=O)Nc3ccc(Cl)cc3)cc2)ccn1.O=C(O)C(F)(F)F. The van der Waals surface area contributed by atoms with Gasteiger partial charge >= 0.3 is 18.2 Å². The summed E-state index contributed by atoms with van der Waals surface area (Å²) in [7, 11) is 1.53. The Labute approximate surface area is 201 Å². The predicted octanol–water partition coefficient (Wildman–Crippen LogP) is 5.16. The Morgan fingerprint density at radius 2 is 1.43 bits per heavy atom. The van der Waals surface area contributed by atoms with Crippen molar-refractivity contribution >= 4 is 40.9 Å². The van der Waals surface area contributed by atoms with Gasteiger partial charge in [0, 0.05) is 35.7 Å². The minimum Gasteiger partial charge on any atom is -0.475 e. The molecule has 0 unspecified atom stereocenters. The number of nitrogens with zero attached hydrogens (tertiary/aromatic N) is 1. The van der Waals surface area contributed by atoms with Crippen molar-refractivity contribution in [1.29, 1.82) is 0 Å². The molecule has 13 heteroatoms. The number of amides is 3. The molecule has 0 aliphatic carbocycles. The number of carboxylic acid groups (broad SMARTS) is 1. The lowest BCUT2D eigenvalue weighted by Crippen LogP contribution is -2.21. The van der Waals surface area contributed by atoms with Gasteiger partial charge in [0.15, 0.2) is 0 Å². The summed E-state index contributed by atoms with van der Waals surface area (Å²) in [6.45, 7) is 0. The van der Waals surface area contributed by atoms with Crippen LogP contribution in [-0.2, 0) is 4.79 Å². The second-order valence-electron chi connectivity index (χ2n) is 6.47. The highest BCUT2D eigenvalue weighted by molar-refractivity contribution is 6.30. The molecular weight excluding hydrogens is 493 g/mol. The third-order valence-electron chi connectivity index (χ3n) is 3.88. The Hall–Kier alpha value is -4.32. The molecule has 0 aliphatic rings. The molecule has 1 aromatic heterocycles. The summed E-state index contributed by atoms with van der Waals surface area (Å²) < 4.78 is 37.5. The van der Waals surface area contributed by atoms with Crippen LogP contribution < -0.4 is 20.7 Å². The van der Waals surface area contributed by atoms with Crippen molar-refractivity contribution in [1.82, 2.24) is 10.3 Å². The van der Waals surface area contributed by atoms with Crippen molar-refractivity contribution in [2.75, 3.05) is 17.7 Å². The van der Waals surface area contributed by atoms with E-state index in [0.29, 0.717) is 27.9 Å². The van der Waals surface area contributed by atoms with Crippen molar-refractivity contribution in [3.8, 4) is 11.5 Å². The number of hydrogen-bond acceptors (Lipinski definition) is 5. The van der Waals surface area contributed by atoms with Crippen LogP contribution in [-0.4, -0.2) is 41.2 Å². The number of carbonyl (C=O) groups excluding carboxylic acids is 2. The number of benzene rings is 2. The van der Waals surface area contributed by atoms with Gasteiger partial charge in [-0.1, -0.05) is 11.6 Å². The second kappa shape index (κ2) is 12.2. The smallest absolute Gasteiger partial charge is 0.475 e. The average molecular weight is 511 g/mol. The van der Waals surface area contributed by atoms with Crippen LogP contribution in [0.3, 0.4) is 0 Å². The number of aliphatic carboxylic acids is 1. The highest BCUT2D eigenvalue weighted by atomic mass is 35.5. The largest absolute Gasteiger partial charge is 0.490 e. The molecule has 3 aromatic rings. The summed E-state index contributed by atoms with van der Waals surface area (Å²) in [5.41, 5.74) is 1.49. The van der Waals surface area contributed by atoms with Crippen LogP contribution in [0.25, 0.3) is 0 Å². The molecule has 0 radical (unpaired) electrons. The molecule has 0 saturated carbocycles. The van der Waals surface area contributed by atoms with Crippen LogP contribution >= 0.6 is 11.6 Å². The molecule has 0 bridgehead atoms. The molecule has 2 aromatic carbocycles. The average Bonchev–Trinajstić information content (AvgIpc) is 2.81. The van der Waals surface area contributed by atoms with Crippen molar-refractivity contribution in [3.05, 3.63) is 77.6 Å². The Balaban J connectivity index is 0.000000540. The summed E-state index contributed by atoms with van der Waals surface area (Å²) in [6, 6.07) is 16.4. The normalized spacial score (nSPS) is 10.3. The van der Waals surface area contributed by atoms with Gasteiger partial charge in [-0.25, -0.2) is 9.59 Å². The van der Waals surface area contributed by atoms with E-state index in [1.807, 2.05) is 0 Å². The van der Waals surface area contributed by atoms with Gasteiger partial charge in [0.1, 0.15) is 17.2 Å². The number of carbonyl (C=O) groups is 3. The van der Waals surface area contributed by atoms with Crippen LogP contribution in [0.2, 0.25) is 5.02 Å². The quantitative estimate of drug-likeness (QED) is 0.375. The topological polar surface area (TPSA) is 130 Å². The summed E-state index contributed by atoms with van der Waals surface area (Å²) in [4.78, 5) is 36.6. The third-order valence-corrected chi connectivity index (χ3v) is 4.14. The molecule has 3 rings (SSSR count). The Morgan fingerprint density at radius 3 is 1.91 bits per heavy atom. The van der Waals surface area contributed by atoms with Gasteiger partial charge in [0.25, 0.3) is 5.91 Å². The molecule has 0 aliphatic heterocycles. The van der Waals surface area contributed by atoms with E-state index < -0.39 is 12.1 Å². The van der Waals surface area contributed by atoms with E-state index in [1.54, 1.807) is 60.7 Å². The number of alkyl halides is 3. The standard InChI is InChI=1S/C20H17ClN4O3.C2HF3O2/c1-22-19(26)18-12-17(10-11-23-18)28-16-8-6-15(7-9-16)25-20(27)24-14-4-2-13(21)3-5-14;3-2(4,5)1(6)7/h2-12H,1H3,(H,22,26)(H2,24,25,27);(H,6,7). The van der Waals surface area contributed by atoms with E-state index in [0.717, 1.165) is 0 Å². The number of halogens is 4. The number of anilines is 2. The summed E-state index contributed by atoms with van der Waals surface area (Å²) in [6.07, 6.45) is -3.59. The molecule has 0 spiro atoms. The van der Waals surface area contributed by atoms with Crippen molar-refractivity contribution in [2.45, 2.75) is 6.18 Å². The summed E-state index contributed by atoms with van der Waals surface area (Å²) in [5.74, 6) is -2.02. The van der Waals surface area contributed by atoms with Gasteiger partial charge < -0.3 is 25.8 Å². The molecule has 35 heavy (non-hydrogen) atoms. The summed E-state index contributed by atoms with van der Waals surface area (Å²) >= 11 is 5.82. The maximum atomic E-state index is 12.0. The highest BCUT2D eigenvalue weighted by Gasteiger charge is 2.38. The van der Waals surface area contributed by atoms with Crippen molar-refractivity contribution < 1.29 is 37.4 Å². The molecule has 9 nitrogen and oxygen atoms in total. The molecule has 184 valence electrons. The van der Waals surface area contributed by atoms with Gasteiger partial charge in [-0.15, -0.1) is 0 Å². The van der Waals surface area contributed by atoms with Crippen LogP contribution in [0.5, 0.6) is 11.5 Å². The van der Waals surface area contributed by atoms with Gasteiger partial charge in [0.05, 0.1) is 0 Å². The highest BCUT2D eigenvalue weighted by Crippen LogP contribution is 2.23.